The second-order valence-electron chi connectivity index (χ2n) is 4.29. The summed E-state index contributed by atoms with van der Waals surface area (Å²) in [6.07, 6.45) is 6.83. The summed E-state index contributed by atoms with van der Waals surface area (Å²) in [5, 5.41) is 0. The Kier molecular flexibility index (Phi) is 6.69. The van der Waals surface area contributed by atoms with Crippen LogP contribution in [0.5, 0.6) is 0 Å². The molecule has 0 fully saturated rings. The predicted molar refractivity (Wildman–Crippen MR) is 63.0 cm³/mol. The van der Waals surface area contributed by atoms with Crippen LogP contribution in [0.3, 0.4) is 0 Å². The van der Waals surface area contributed by atoms with Crippen molar-refractivity contribution in [2.75, 3.05) is 0 Å². The van der Waals surface area contributed by atoms with Crippen LogP contribution in [0.1, 0.15) is 59.8 Å². The fraction of sp³-hybridized carbons (Fsp3) is 1.00. The number of hydrogen-bond acceptors (Lipinski definition) is 1. The highest BCUT2D eigenvalue weighted by Gasteiger charge is 2.30. The van der Waals surface area contributed by atoms with Gasteiger partial charge >= 0.3 is 0 Å². The Balaban J connectivity index is 4.33. The van der Waals surface area contributed by atoms with E-state index in [2.05, 4.69) is 27.7 Å². The molecule has 0 radical (unpaired) electrons. The predicted octanol–water partition coefficient (Wildman–Crippen LogP) is 2.67. The van der Waals surface area contributed by atoms with Gasteiger partial charge in [-0.2, -0.15) is 0 Å². The summed E-state index contributed by atoms with van der Waals surface area (Å²) in [5.41, 5.74) is 0.431. The third-order valence-electron chi connectivity index (χ3n) is 3.07. The summed E-state index contributed by atoms with van der Waals surface area (Å²) in [6, 6.07) is 0. The van der Waals surface area contributed by atoms with Gasteiger partial charge in [-0.15, -0.1) is 0 Å². The van der Waals surface area contributed by atoms with E-state index in [1.165, 1.54) is 32.1 Å². The van der Waals surface area contributed by atoms with Gasteiger partial charge in [0.05, 0.1) is 0 Å². The fourth-order valence-electron chi connectivity index (χ4n) is 2.53. The van der Waals surface area contributed by atoms with Crippen molar-refractivity contribution in [3.05, 3.63) is 0 Å². The first-order valence-corrected chi connectivity index (χ1v) is 6.49. The molecule has 0 spiro atoms. The summed E-state index contributed by atoms with van der Waals surface area (Å²) in [6.45, 7) is 9.18. The minimum atomic E-state index is 0.431. The molecule has 0 aliphatic heterocycles. The smallest absolute Gasteiger partial charge is 0.146 e. The van der Waals surface area contributed by atoms with E-state index in [1.54, 1.807) is 0 Å². The molecule has 80 valence electrons. The van der Waals surface area contributed by atoms with Crippen molar-refractivity contribution >= 4 is 10.5 Å². The lowest BCUT2D eigenvalue weighted by Crippen LogP contribution is -2.33. The van der Waals surface area contributed by atoms with Gasteiger partial charge in [-0.05, 0) is 24.7 Å². The van der Waals surface area contributed by atoms with Crippen molar-refractivity contribution < 1.29 is 4.43 Å². The number of rotatable bonds is 7. The molecule has 1 unspecified atom stereocenters. The summed E-state index contributed by atoms with van der Waals surface area (Å²) in [7, 11) is 0.877. The maximum absolute atomic E-state index is 5.71. The summed E-state index contributed by atoms with van der Waals surface area (Å²) in [5.74, 6) is 0. The molecular weight excluding hydrogens is 176 g/mol. The van der Waals surface area contributed by atoms with Crippen molar-refractivity contribution in [2.24, 2.45) is 5.41 Å². The Labute approximate surface area is 86.8 Å². The molecule has 13 heavy (non-hydrogen) atoms. The van der Waals surface area contributed by atoms with E-state index in [1.807, 2.05) is 0 Å². The van der Waals surface area contributed by atoms with Crippen LogP contribution in [0.15, 0.2) is 0 Å². The summed E-state index contributed by atoms with van der Waals surface area (Å²) >= 11 is 0. The lowest BCUT2D eigenvalue weighted by molar-refractivity contribution is 0.0477. The van der Waals surface area contributed by atoms with Crippen LogP contribution >= 0.6 is 0 Å². The highest BCUT2D eigenvalue weighted by Crippen LogP contribution is 2.35. The van der Waals surface area contributed by atoms with Crippen LogP contribution in [0.4, 0.5) is 0 Å². The van der Waals surface area contributed by atoms with Crippen LogP contribution in [0.2, 0.25) is 0 Å². The molecule has 0 aromatic rings. The highest BCUT2D eigenvalue weighted by molar-refractivity contribution is 5.98. The first-order chi connectivity index (χ1) is 6.14. The zero-order valence-electron chi connectivity index (χ0n) is 10.0. The lowest BCUT2D eigenvalue weighted by atomic mass is 9.75. The molecule has 0 rings (SSSR count). The van der Waals surface area contributed by atoms with Gasteiger partial charge < -0.3 is 4.43 Å². The van der Waals surface area contributed by atoms with Gasteiger partial charge in [-0.1, -0.05) is 40.5 Å². The first-order valence-electron chi connectivity index (χ1n) is 5.67. The van der Waals surface area contributed by atoms with Crippen molar-refractivity contribution in [3.8, 4) is 0 Å². The largest absolute Gasteiger partial charge is 0.425 e. The topological polar surface area (TPSA) is 9.23 Å². The second kappa shape index (κ2) is 6.60. The number of hydrogen-bond donors (Lipinski definition) is 0. The Bertz CT molecular complexity index is 115. The van der Waals surface area contributed by atoms with Gasteiger partial charge in [0.15, 0.2) is 0 Å². The zero-order valence-corrected chi connectivity index (χ0v) is 12.0. The van der Waals surface area contributed by atoms with E-state index in [4.69, 9.17) is 4.43 Å². The van der Waals surface area contributed by atoms with Gasteiger partial charge in [0, 0.05) is 6.10 Å². The monoisotopic (exact) mass is 202 g/mol. The lowest BCUT2D eigenvalue weighted by Gasteiger charge is -2.36. The molecule has 0 aliphatic carbocycles. The molecule has 0 bridgehead atoms. The van der Waals surface area contributed by atoms with Crippen molar-refractivity contribution in [1.29, 1.82) is 0 Å². The van der Waals surface area contributed by atoms with Gasteiger partial charge in [-0.25, -0.2) is 0 Å². The first kappa shape index (κ1) is 13.2. The zero-order chi connectivity index (χ0) is 10.3. The maximum atomic E-state index is 5.71. The molecule has 2 heteroatoms. The van der Waals surface area contributed by atoms with Crippen LogP contribution in [0.25, 0.3) is 0 Å². The normalized spacial score (nSPS) is 14.8. The van der Waals surface area contributed by atoms with E-state index in [9.17, 15) is 0 Å². The Morgan fingerprint density at radius 1 is 1.15 bits per heavy atom. The van der Waals surface area contributed by atoms with E-state index in [0.29, 0.717) is 11.5 Å². The molecule has 0 saturated heterocycles. The maximum Gasteiger partial charge on any atom is 0.146 e. The van der Waals surface area contributed by atoms with Gasteiger partial charge in [0.25, 0.3) is 0 Å². The Morgan fingerprint density at radius 3 is 1.85 bits per heavy atom. The molecule has 1 nitrogen and oxygen atoms in total. The van der Waals surface area contributed by atoms with Crippen LogP contribution in [0, 0.1) is 5.41 Å². The third-order valence-corrected chi connectivity index (χ3v) is 3.64. The Hall–Kier alpha value is 0.177. The molecule has 0 heterocycles. The average molecular weight is 202 g/mol. The van der Waals surface area contributed by atoms with Crippen LogP contribution in [-0.2, 0) is 4.43 Å². The van der Waals surface area contributed by atoms with E-state index in [0.717, 1.165) is 10.5 Å². The molecule has 0 N–H and O–H groups in total. The quantitative estimate of drug-likeness (QED) is 0.577. The highest BCUT2D eigenvalue weighted by atomic mass is 28.2. The molecule has 0 amide bonds. The van der Waals surface area contributed by atoms with E-state index < -0.39 is 0 Å². The van der Waals surface area contributed by atoms with E-state index >= 15 is 0 Å². The molecule has 0 aromatic heterocycles. The molecule has 1 atom stereocenters. The summed E-state index contributed by atoms with van der Waals surface area (Å²) in [4.78, 5) is 0. The molecule has 0 saturated carbocycles. The minimum Gasteiger partial charge on any atom is -0.425 e. The van der Waals surface area contributed by atoms with Crippen molar-refractivity contribution in [3.63, 3.8) is 0 Å². The Morgan fingerprint density at radius 2 is 1.62 bits per heavy atom. The van der Waals surface area contributed by atoms with Crippen molar-refractivity contribution in [2.45, 2.75) is 65.9 Å². The summed E-state index contributed by atoms with van der Waals surface area (Å²) < 4.78 is 5.71. The second-order valence-corrected chi connectivity index (χ2v) is 4.76. The minimum absolute atomic E-state index is 0.431. The third kappa shape index (κ3) is 3.82. The van der Waals surface area contributed by atoms with Crippen LogP contribution < -0.4 is 0 Å². The van der Waals surface area contributed by atoms with Crippen LogP contribution in [-0.4, -0.2) is 16.6 Å². The van der Waals surface area contributed by atoms with Gasteiger partial charge in [-0.3, -0.25) is 0 Å². The molecular formula is C11H26OSi. The van der Waals surface area contributed by atoms with E-state index in [-0.39, 0.29) is 0 Å². The molecule has 0 aliphatic rings. The fourth-order valence-corrected chi connectivity index (χ4v) is 3.44. The van der Waals surface area contributed by atoms with Crippen molar-refractivity contribution in [1.82, 2.24) is 0 Å². The SMILES string of the molecule is CCCC(C)(CCC)C(CC)O[SiH3]. The van der Waals surface area contributed by atoms with Gasteiger partial charge in [0.1, 0.15) is 10.5 Å². The standard InChI is InChI=1S/C11H26OSi/c1-5-8-11(4,9-6-2)10(7-3)12-13/h10H,5-9H2,1-4,13H3. The average Bonchev–Trinajstić information content (AvgIpc) is 2.07. The van der Waals surface area contributed by atoms with Gasteiger partial charge in [0.2, 0.25) is 0 Å². The molecule has 0 aromatic carbocycles.